The quantitative estimate of drug-likeness (QED) is 0.722. The molecule has 0 saturated carbocycles. The van der Waals surface area contributed by atoms with Crippen molar-refractivity contribution in [1.82, 2.24) is 10.1 Å². The van der Waals surface area contributed by atoms with E-state index in [4.69, 9.17) is 15.0 Å². The molecule has 6 nitrogen and oxygen atoms in total. The SMILES string of the molecule is CCOC(=O)c1c(N)[nH]c2cc(-c3c(C)noc3C)c(C)cc12. The summed E-state index contributed by atoms with van der Waals surface area (Å²) in [6.45, 7) is 7.85. The van der Waals surface area contributed by atoms with Crippen LogP contribution in [0.4, 0.5) is 5.82 Å². The van der Waals surface area contributed by atoms with Gasteiger partial charge in [-0.25, -0.2) is 4.79 Å². The molecule has 0 aliphatic rings. The second kappa shape index (κ2) is 5.46. The number of carbonyl (C=O) groups excluding carboxylic acids is 1. The highest BCUT2D eigenvalue weighted by Crippen LogP contribution is 2.35. The van der Waals surface area contributed by atoms with Crippen molar-refractivity contribution in [2.45, 2.75) is 27.7 Å². The minimum absolute atomic E-state index is 0.307. The average Bonchev–Trinajstić information content (AvgIpc) is 2.97. The van der Waals surface area contributed by atoms with Crippen molar-refractivity contribution in [3.63, 3.8) is 0 Å². The Balaban J connectivity index is 2.23. The van der Waals surface area contributed by atoms with Crippen molar-refractivity contribution in [3.05, 3.63) is 34.7 Å². The largest absolute Gasteiger partial charge is 0.462 e. The molecule has 0 unspecified atom stereocenters. The molecule has 2 heterocycles. The number of H-pyrrole nitrogens is 1. The van der Waals surface area contributed by atoms with Crippen LogP contribution in [0.5, 0.6) is 0 Å². The number of nitrogens with zero attached hydrogens (tertiary/aromatic N) is 1. The molecule has 23 heavy (non-hydrogen) atoms. The third-order valence-corrected chi connectivity index (χ3v) is 3.95. The van der Waals surface area contributed by atoms with E-state index >= 15 is 0 Å². The van der Waals surface area contributed by atoms with Gasteiger partial charge in [0.1, 0.15) is 17.1 Å². The summed E-state index contributed by atoms with van der Waals surface area (Å²) in [5, 5.41) is 4.76. The van der Waals surface area contributed by atoms with E-state index in [1.807, 2.05) is 32.9 Å². The highest BCUT2D eigenvalue weighted by Gasteiger charge is 2.21. The number of anilines is 1. The van der Waals surface area contributed by atoms with E-state index in [9.17, 15) is 4.79 Å². The molecule has 2 aromatic heterocycles. The summed E-state index contributed by atoms with van der Waals surface area (Å²) in [5.74, 6) is 0.657. The Kier molecular flexibility index (Phi) is 3.60. The maximum atomic E-state index is 12.1. The van der Waals surface area contributed by atoms with Crippen LogP contribution in [0.3, 0.4) is 0 Å². The number of aromatic nitrogens is 2. The fourth-order valence-corrected chi connectivity index (χ4v) is 2.93. The van der Waals surface area contributed by atoms with Crippen molar-refractivity contribution in [2.75, 3.05) is 12.3 Å². The molecule has 3 N–H and O–H groups in total. The molecule has 0 saturated heterocycles. The van der Waals surface area contributed by atoms with Crippen LogP contribution in [-0.4, -0.2) is 22.7 Å². The summed E-state index contributed by atoms with van der Waals surface area (Å²) in [6, 6.07) is 3.91. The highest BCUT2D eigenvalue weighted by atomic mass is 16.5. The topological polar surface area (TPSA) is 94.1 Å². The Hall–Kier alpha value is -2.76. The number of ether oxygens (including phenoxy) is 1. The van der Waals surface area contributed by atoms with E-state index in [0.29, 0.717) is 18.0 Å². The molecule has 120 valence electrons. The van der Waals surface area contributed by atoms with Gasteiger partial charge in [0.25, 0.3) is 0 Å². The van der Waals surface area contributed by atoms with Crippen LogP contribution in [0.25, 0.3) is 22.0 Å². The number of nitrogen functional groups attached to an aromatic ring is 1. The van der Waals surface area contributed by atoms with Gasteiger partial charge in [0.05, 0.1) is 12.3 Å². The highest BCUT2D eigenvalue weighted by molar-refractivity contribution is 6.10. The van der Waals surface area contributed by atoms with Gasteiger partial charge in [-0.1, -0.05) is 5.16 Å². The molecule has 0 spiro atoms. The van der Waals surface area contributed by atoms with Crippen LogP contribution in [0.15, 0.2) is 16.7 Å². The zero-order valence-corrected chi connectivity index (χ0v) is 13.6. The molecule has 6 heteroatoms. The Labute approximate surface area is 133 Å². The standard InChI is InChI=1S/C17H19N3O3/c1-5-22-17(21)15-12-6-8(2)11(7-13(12)19-16(15)18)14-9(3)20-23-10(14)4/h6-7,19H,5,18H2,1-4H3. The smallest absolute Gasteiger partial charge is 0.342 e. The molecule has 0 aliphatic carbocycles. The number of rotatable bonds is 3. The second-order valence-electron chi connectivity index (χ2n) is 5.55. The minimum Gasteiger partial charge on any atom is -0.462 e. The summed E-state index contributed by atoms with van der Waals surface area (Å²) < 4.78 is 10.3. The van der Waals surface area contributed by atoms with E-state index < -0.39 is 5.97 Å². The van der Waals surface area contributed by atoms with Crippen molar-refractivity contribution in [3.8, 4) is 11.1 Å². The molecule has 0 fully saturated rings. The third-order valence-electron chi connectivity index (χ3n) is 3.95. The first kappa shape index (κ1) is 15.1. The van der Waals surface area contributed by atoms with Crippen molar-refractivity contribution >= 4 is 22.7 Å². The first-order valence-electron chi connectivity index (χ1n) is 7.46. The number of nitrogens with one attached hydrogen (secondary N) is 1. The van der Waals surface area contributed by atoms with Gasteiger partial charge in [-0.05, 0) is 51.0 Å². The summed E-state index contributed by atoms with van der Waals surface area (Å²) in [7, 11) is 0. The van der Waals surface area contributed by atoms with E-state index in [1.165, 1.54) is 0 Å². The van der Waals surface area contributed by atoms with E-state index in [2.05, 4.69) is 10.1 Å². The van der Waals surface area contributed by atoms with E-state index in [0.717, 1.165) is 39.0 Å². The maximum absolute atomic E-state index is 12.1. The van der Waals surface area contributed by atoms with Gasteiger partial charge in [-0.15, -0.1) is 0 Å². The lowest BCUT2D eigenvalue weighted by atomic mass is 9.97. The first-order valence-corrected chi connectivity index (χ1v) is 7.46. The van der Waals surface area contributed by atoms with Crippen molar-refractivity contribution in [1.29, 1.82) is 0 Å². The molecule has 0 aliphatic heterocycles. The molecule has 0 bridgehead atoms. The van der Waals surface area contributed by atoms with Gasteiger partial charge in [0.15, 0.2) is 0 Å². The van der Waals surface area contributed by atoms with Crippen LogP contribution in [0, 0.1) is 20.8 Å². The molecule has 0 amide bonds. The minimum atomic E-state index is -0.416. The zero-order chi connectivity index (χ0) is 16.7. The van der Waals surface area contributed by atoms with Gasteiger partial charge in [0, 0.05) is 16.5 Å². The molecule has 1 aromatic carbocycles. The number of carbonyl (C=O) groups is 1. The van der Waals surface area contributed by atoms with Crippen LogP contribution in [-0.2, 0) is 4.74 Å². The van der Waals surface area contributed by atoms with E-state index in [1.54, 1.807) is 6.92 Å². The Bertz CT molecular complexity index is 886. The second-order valence-corrected chi connectivity index (χ2v) is 5.55. The number of hydrogen-bond acceptors (Lipinski definition) is 5. The normalized spacial score (nSPS) is 11.1. The Morgan fingerprint density at radius 1 is 1.35 bits per heavy atom. The van der Waals surface area contributed by atoms with Gasteiger partial charge >= 0.3 is 5.97 Å². The van der Waals surface area contributed by atoms with Crippen molar-refractivity contribution in [2.24, 2.45) is 0 Å². The lowest BCUT2D eigenvalue weighted by molar-refractivity contribution is 0.0530. The number of aromatic amines is 1. The first-order chi connectivity index (χ1) is 10.9. The van der Waals surface area contributed by atoms with Gasteiger partial charge in [-0.2, -0.15) is 0 Å². The number of benzene rings is 1. The predicted octanol–water partition coefficient (Wildman–Crippen LogP) is 3.51. The lowest BCUT2D eigenvalue weighted by Crippen LogP contribution is -2.06. The summed E-state index contributed by atoms with van der Waals surface area (Å²) in [5.41, 5.74) is 11.0. The fraction of sp³-hybridized carbons (Fsp3) is 0.294. The van der Waals surface area contributed by atoms with Gasteiger partial charge in [0.2, 0.25) is 0 Å². The average molecular weight is 313 g/mol. The molecule has 0 atom stereocenters. The number of esters is 1. The van der Waals surface area contributed by atoms with Gasteiger partial charge < -0.3 is 20.0 Å². The summed E-state index contributed by atoms with van der Waals surface area (Å²) >= 11 is 0. The lowest BCUT2D eigenvalue weighted by Gasteiger charge is -2.07. The fourth-order valence-electron chi connectivity index (χ4n) is 2.93. The van der Waals surface area contributed by atoms with Gasteiger partial charge in [-0.3, -0.25) is 0 Å². The number of hydrogen-bond donors (Lipinski definition) is 2. The van der Waals surface area contributed by atoms with Crippen LogP contribution in [0.1, 0.15) is 34.3 Å². The predicted molar refractivity (Wildman–Crippen MR) is 88.4 cm³/mol. The molecular formula is C17H19N3O3. The van der Waals surface area contributed by atoms with Crippen LogP contribution >= 0.6 is 0 Å². The van der Waals surface area contributed by atoms with Crippen LogP contribution < -0.4 is 5.73 Å². The number of nitrogens with two attached hydrogens (primary N) is 1. The molecule has 3 rings (SSSR count). The van der Waals surface area contributed by atoms with E-state index in [-0.39, 0.29) is 0 Å². The monoisotopic (exact) mass is 313 g/mol. The molecule has 0 radical (unpaired) electrons. The van der Waals surface area contributed by atoms with Crippen molar-refractivity contribution < 1.29 is 14.1 Å². The number of fused-ring (bicyclic) bond motifs is 1. The summed E-state index contributed by atoms with van der Waals surface area (Å²) in [6.07, 6.45) is 0. The maximum Gasteiger partial charge on any atom is 0.342 e. The number of aryl methyl sites for hydroxylation is 3. The summed E-state index contributed by atoms with van der Waals surface area (Å²) in [4.78, 5) is 15.2. The van der Waals surface area contributed by atoms with Crippen LogP contribution in [0.2, 0.25) is 0 Å². The molecular weight excluding hydrogens is 294 g/mol. The molecule has 3 aromatic rings. The third kappa shape index (κ3) is 2.36. The zero-order valence-electron chi connectivity index (χ0n) is 13.6. The Morgan fingerprint density at radius 3 is 2.70 bits per heavy atom. The Morgan fingerprint density at radius 2 is 2.09 bits per heavy atom.